The zero-order valence-electron chi connectivity index (χ0n) is 10.9. The van der Waals surface area contributed by atoms with Gasteiger partial charge >= 0.3 is 0 Å². The Morgan fingerprint density at radius 1 is 1.47 bits per heavy atom. The number of nitrogens with one attached hydrogen (secondary N) is 1. The van der Waals surface area contributed by atoms with E-state index in [2.05, 4.69) is 41.2 Å². The summed E-state index contributed by atoms with van der Waals surface area (Å²) in [6, 6.07) is 4.77. The summed E-state index contributed by atoms with van der Waals surface area (Å²) in [5, 5.41) is 3.45. The van der Waals surface area contributed by atoms with E-state index < -0.39 is 0 Å². The standard InChI is InChI=1S/C14H23N3/c1-3-15-10-13-6-9-17(11-13)12(2)14-4-7-16-8-5-14/h4-5,7-8,12-13,15H,3,6,9-11H2,1-2H3. The summed E-state index contributed by atoms with van der Waals surface area (Å²) < 4.78 is 0. The summed E-state index contributed by atoms with van der Waals surface area (Å²) in [5.41, 5.74) is 1.38. The second kappa shape index (κ2) is 6.12. The molecule has 0 saturated carbocycles. The summed E-state index contributed by atoms with van der Waals surface area (Å²) in [6.45, 7) is 9.15. The lowest BCUT2D eigenvalue weighted by Gasteiger charge is -2.24. The molecule has 0 radical (unpaired) electrons. The number of pyridine rings is 1. The van der Waals surface area contributed by atoms with Crippen molar-refractivity contribution >= 4 is 0 Å². The molecule has 1 aliphatic rings. The fourth-order valence-electron chi connectivity index (χ4n) is 2.58. The van der Waals surface area contributed by atoms with Gasteiger partial charge in [0.15, 0.2) is 0 Å². The first kappa shape index (κ1) is 12.5. The number of rotatable bonds is 5. The van der Waals surface area contributed by atoms with Crippen LogP contribution in [0, 0.1) is 5.92 Å². The average Bonchev–Trinajstić information content (AvgIpc) is 2.85. The first-order chi connectivity index (χ1) is 8.31. The van der Waals surface area contributed by atoms with E-state index in [0.717, 1.165) is 19.0 Å². The Morgan fingerprint density at radius 3 is 2.94 bits per heavy atom. The maximum absolute atomic E-state index is 4.08. The second-order valence-electron chi connectivity index (χ2n) is 4.91. The molecule has 1 aromatic rings. The molecular formula is C14H23N3. The molecule has 2 rings (SSSR count). The lowest BCUT2D eigenvalue weighted by Crippen LogP contribution is -2.28. The Morgan fingerprint density at radius 2 is 2.24 bits per heavy atom. The van der Waals surface area contributed by atoms with Gasteiger partial charge in [-0.1, -0.05) is 6.92 Å². The van der Waals surface area contributed by atoms with Crippen molar-refractivity contribution < 1.29 is 0 Å². The molecule has 0 aromatic carbocycles. The molecule has 1 saturated heterocycles. The summed E-state index contributed by atoms with van der Waals surface area (Å²) >= 11 is 0. The molecule has 1 fully saturated rings. The molecule has 3 heteroatoms. The van der Waals surface area contributed by atoms with Gasteiger partial charge in [-0.25, -0.2) is 0 Å². The topological polar surface area (TPSA) is 28.2 Å². The van der Waals surface area contributed by atoms with Gasteiger partial charge in [-0.3, -0.25) is 9.88 Å². The van der Waals surface area contributed by atoms with E-state index in [-0.39, 0.29) is 0 Å². The van der Waals surface area contributed by atoms with Crippen LogP contribution in [0.15, 0.2) is 24.5 Å². The number of aromatic nitrogens is 1. The maximum atomic E-state index is 4.08. The van der Waals surface area contributed by atoms with Gasteiger partial charge in [0.25, 0.3) is 0 Å². The van der Waals surface area contributed by atoms with Gasteiger partial charge in [0, 0.05) is 25.0 Å². The first-order valence-corrected chi connectivity index (χ1v) is 6.66. The smallest absolute Gasteiger partial charge is 0.0321 e. The Labute approximate surface area is 104 Å². The van der Waals surface area contributed by atoms with E-state index in [1.54, 1.807) is 0 Å². The predicted molar refractivity (Wildman–Crippen MR) is 70.9 cm³/mol. The normalized spacial score (nSPS) is 22.8. The molecule has 2 unspecified atom stereocenters. The molecule has 2 atom stereocenters. The number of hydrogen-bond acceptors (Lipinski definition) is 3. The van der Waals surface area contributed by atoms with E-state index in [1.807, 2.05) is 12.4 Å². The molecule has 2 heterocycles. The van der Waals surface area contributed by atoms with Crippen molar-refractivity contribution in [3.05, 3.63) is 30.1 Å². The number of likely N-dealkylation sites (tertiary alicyclic amines) is 1. The average molecular weight is 233 g/mol. The predicted octanol–water partition coefficient (Wildman–Crippen LogP) is 2.07. The van der Waals surface area contributed by atoms with Gasteiger partial charge in [0.1, 0.15) is 0 Å². The van der Waals surface area contributed by atoms with E-state index in [0.29, 0.717) is 6.04 Å². The van der Waals surface area contributed by atoms with Crippen molar-refractivity contribution in [1.82, 2.24) is 15.2 Å². The van der Waals surface area contributed by atoms with Crippen LogP contribution in [0.5, 0.6) is 0 Å². The zero-order chi connectivity index (χ0) is 12.1. The van der Waals surface area contributed by atoms with Crippen molar-refractivity contribution in [2.45, 2.75) is 26.3 Å². The van der Waals surface area contributed by atoms with Gasteiger partial charge in [-0.2, -0.15) is 0 Å². The van der Waals surface area contributed by atoms with Crippen LogP contribution in [0.3, 0.4) is 0 Å². The lowest BCUT2D eigenvalue weighted by atomic mass is 10.1. The maximum Gasteiger partial charge on any atom is 0.0321 e. The quantitative estimate of drug-likeness (QED) is 0.844. The molecule has 1 aromatic heterocycles. The molecular weight excluding hydrogens is 210 g/mol. The van der Waals surface area contributed by atoms with E-state index >= 15 is 0 Å². The molecule has 94 valence electrons. The fraction of sp³-hybridized carbons (Fsp3) is 0.643. The number of nitrogens with zero attached hydrogens (tertiary/aromatic N) is 2. The van der Waals surface area contributed by atoms with Crippen LogP contribution < -0.4 is 5.32 Å². The lowest BCUT2D eigenvalue weighted by molar-refractivity contribution is 0.251. The minimum atomic E-state index is 0.518. The van der Waals surface area contributed by atoms with Crippen LogP contribution in [0.2, 0.25) is 0 Å². The molecule has 1 aliphatic heterocycles. The molecule has 1 N–H and O–H groups in total. The Hall–Kier alpha value is -0.930. The van der Waals surface area contributed by atoms with Gasteiger partial charge in [-0.15, -0.1) is 0 Å². The Balaban J connectivity index is 1.88. The largest absolute Gasteiger partial charge is 0.317 e. The molecule has 3 nitrogen and oxygen atoms in total. The van der Waals surface area contributed by atoms with E-state index in [1.165, 1.54) is 25.1 Å². The molecule has 0 spiro atoms. The SMILES string of the molecule is CCNCC1CCN(C(C)c2ccncc2)C1. The fourth-order valence-corrected chi connectivity index (χ4v) is 2.58. The van der Waals surface area contributed by atoms with Crippen LogP contribution in [-0.2, 0) is 0 Å². The van der Waals surface area contributed by atoms with Crippen molar-refractivity contribution in [1.29, 1.82) is 0 Å². The third-order valence-electron chi connectivity index (χ3n) is 3.74. The van der Waals surface area contributed by atoms with Gasteiger partial charge in [-0.05, 0) is 56.6 Å². The monoisotopic (exact) mass is 233 g/mol. The van der Waals surface area contributed by atoms with Crippen LogP contribution in [0.1, 0.15) is 31.9 Å². The number of hydrogen-bond donors (Lipinski definition) is 1. The highest BCUT2D eigenvalue weighted by Crippen LogP contribution is 2.26. The summed E-state index contributed by atoms with van der Waals surface area (Å²) in [6.07, 6.45) is 5.10. The van der Waals surface area contributed by atoms with E-state index in [9.17, 15) is 0 Å². The highest BCUT2D eigenvalue weighted by atomic mass is 15.2. The van der Waals surface area contributed by atoms with Crippen molar-refractivity contribution in [3.8, 4) is 0 Å². The van der Waals surface area contributed by atoms with Gasteiger partial charge < -0.3 is 5.32 Å². The van der Waals surface area contributed by atoms with Gasteiger partial charge in [0.05, 0.1) is 0 Å². The van der Waals surface area contributed by atoms with Crippen molar-refractivity contribution in [3.63, 3.8) is 0 Å². The summed E-state index contributed by atoms with van der Waals surface area (Å²) in [7, 11) is 0. The van der Waals surface area contributed by atoms with Crippen LogP contribution in [0.25, 0.3) is 0 Å². The molecule has 0 bridgehead atoms. The second-order valence-corrected chi connectivity index (χ2v) is 4.91. The van der Waals surface area contributed by atoms with Crippen molar-refractivity contribution in [2.24, 2.45) is 5.92 Å². The first-order valence-electron chi connectivity index (χ1n) is 6.66. The highest BCUT2D eigenvalue weighted by molar-refractivity contribution is 5.14. The highest BCUT2D eigenvalue weighted by Gasteiger charge is 2.26. The Bertz CT molecular complexity index is 325. The summed E-state index contributed by atoms with van der Waals surface area (Å²) in [4.78, 5) is 6.66. The summed E-state index contributed by atoms with van der Waals surface area (Å²) in [5.74, 6) is 0.819. The van der Waals surface area contributed by atoms with Crippen molar-refractivity contribution in [2.75, 3.05) is 26.2 Å². The van der Waals surface area contributed by atoms with E-state index in [4.69, 9.17) is 0 Å². The Kier molecular flexibility index (Phi) is 4.51. The third-order valence-corrected chi connectivity index (χ3v) is 3.74. The third kappa shape index (κ3) is 3.27. The minimum Gasteiger partial charge on any atom is -0.317 e. The van der Waals surface area contributed by atoms with Crippen LogP contribution >= 0.6 is 0 Å². The minimum absolute atomic E-state index is 0.518. The molecule has 0 aliphatic carbocycles. The molecule has 17 heavy (non-hydrogen) atoms. The van der Waals surface area contributed by atoms with Gasteiger partial charge in [0.2, 0.25) is 0 Å². The van der Waals surface area contributed by atoms with Crippen LogP contribution in [-0.4, -0.2) is 36.1 Å². The van der Waals surface area contributed by atoms with Crippen LogP contribution in [0.4, 0.5) is 0 Å². The molecule has 0 amide bonds. The zero-order valence-corrected chi connectivity index (χ0v) is 10.9.